The highest BCUT2D eigenvalue weighted by Gasteiger charge is 2.33. The van der Waals surface area contributed by atoms with E-state index in [0.717, 1.165) is 42.2 Å². The summed E-state index contributed by atoms with van der Waals surface area (Å²) < 4.78 is 5.11. The van der Waals surface area contributed by atoms with Crippen LogP contribution in [0, 0.1) is 0 Å². The number of thiophene rings is 1. The van der Waals surface area contributed by atoms with Crippen molar-refractivity contribution in [3.63, 3.8) is 0 Å². The lowest BCUT2D eigenvalue weighted by Crippen LogP contribution is -2.38. The minimum Gasteiger partial charge on any atom is -0.504 e. The van der Waals surface area contributed by atoms with E-state index in [-0.39, 0.29) is 17.8 Å². The summed E-state index contributed by atoms with van der Waals surface area (Å²) in [6, 6.07) is 15.6. The monoisotopic (exact) mass is 421 g/mol. The Morgan fingerprint density at radius 3 is 2.80 bits per heavy atom. The lowest BCUT2D eigenvalue weighted by Gasteiger charge is -2.28. The molecule has 154 valence electrons. The third-order valence-electron chi connectivity index (χ3n) is 5.70. The van der Waals surface area contributed by atoms with E-state index in [4.69, 9.17) is 4.74 Å². The molecule has 3 heterocycles. The largest absolute Gasteiger partial charge is 0.504 e. The Kier molecular flexibility index (Phi) is 4.84. The van der Waals surface area contributed by atoms with E-state index >= 15 is 0 Å². The van der Waals surface area contributed by atoms with Crippen molar-refractivity contribution in [2.24, 2.45) is 0 Å². The van der Waals surface area contributed by atoms with Gasteiger partial charge >= 0.3 is 0 Å². The van der Waals surface area contributed by atoms with Crippen LogP contribution in [-0.4, -0.2) is 29.6 Å². The SMILES string of the molecule is COc1ccc(C2NC(=O)c3c(sc4c3CCN(Cc3ccccc3)C4)N2)cc1O. The van der Waals surface area contributed by atoms with Crippen molar-refractivity contribution in [3.8, 4) is 11.5 Å². The van der Waals surface area contributed by atoms with Gasteiger partial charge in [0.2, 0.25) is 0 Å². The number of carbonyl (C=O) groups is 1. The second kappa shape index (κ2) is 7.66. The fraction of sp³-hybridized carbons (Fsp3) is 0.261. The molecule has 0 saturated heterocycles. The molecule has 0 spiro atoms. The molecule has 1 unspecified atom stereocenters. The molecule has 1 aromatic heterocycles. The van der Waals surface area contributed by atoms with Crippen LogP contribution in [0.3, 0.4) is 0 Å². The van der Waals surface area contributed by atoms with Crippen molar-refractivity contribution < 1.29 is 14.6 Å². The molecule has 1 atom stereocenters. The number of nitrogens with zero attached hydrogens (tertiary/aromatic N) is 1. The molecule has 2 aliphatic heterocycles. The summed E-state index contributed by atoms with van der Waals surface area (Å²) in [6.07, 6.45) is 0.485. The highest BCUT2D eigenvalue weighted by molar-refractivity contribution is 7.16. The summed E-state index contributed by atoms with van der Waals surface area (Å²) in [7, 11) is 1.51. The van der Waals surface area contributed by atoms with Crippen LogP contribution in [0.25, 0.3) is 0 Å². The van der Waals surface area contributed by atoms with E-state index in [1.807, 2.05) is 12.1 Å². The molecule has 6 nitrogen and oxygen atoms in total. The topological polar surface area (TPSA) is 73.8 Å². The second-order valence-corrected chi connectivity index (χ2v) is 8.74. The molecule has 3 N–H and O–H groups in total. The summed E-state index contributed by atoms with van der Waals surface area (Å²) in [5, 5.41) is 17.5. The van der Waals surface area contributed by atoms with Gasteiger partial charge < -0.3 is 20.5 Å². The van der Waals surface area contributed by atoms with Gasteiger partial charge in [0.1, 0.15) is 11.2 Å². The smallest absolute Gasteiger partial charge is 0.256 e. The van der Waals surface area contributed by atoms with Gasteiger partial charge in [-0.3, -0.25) is 9.69 Å². The fourth-order valence-electron chi connectivity index (χ4n) is 4.20. The zero-order valence-electron chi connectivity index (χ0n) is 16.6. The number of hydrogen-bond donors (Lipinski definition) is 3. The Balaban J connectivity index is 1.37. The molecule has 2 aliphatic rings. The number of phenols is 1. The van der Waals surface area contributed by atoms with Gasteiger partial charge in [-0.2, -0.15) is 0 Å². The molecular formula is C23H23N3O3S. The zero-order valence-corrected chi connectivity index (χ0v) is 17.5. The van der Waals surface area contributed by atoms with Crippen molar-refractivity contribution in [1.82, 2.24) is 10.2 Å². The Hall–Kier alpha value is -3.03. The summed E-state index contributed by atoms with van der Waals surface area (Å²) in [5.74, 6) is 0.406. The fourth-order valence-corrected chi connectivity index (χ4v) is 5.51. The Morgan fingerprint density at radius 1 is 1.20 bits per heavy atom. The van der Waals surface area contributed by atoms with E-state index in [1.165, 1.54) is 23.1 Å². The van der Waals surface area contributed by atoms with Gasteiger partial charge in [-0.1, -0.05) is 36.4 Å². The third-order valence-corrected chi connectivity index (χ3v) is 6.85. The van der Waals surface area contributed by atoms with Gasteiger partial charge in [0.05, 0.1) is 12.7 Å². The number of carbonyl (C=O) groups excluding carboxylic acids is 1. The van der Waals surface area contributed by atoms with Gasteiger partial charge in [0.25, 0.3) is 5.91 Å². The van der Waals surface area contributed by atoms with Gasteiger partial charge in [-0.15, -0.1) is 11.3 Å². The maximum atomic E-state index is 12.9. The first kappa shape index (κ1) is 19.0. The number of ether oxygens (including phenoxy) is 1. The van der Waals surface area contributed by atoms with Crippen molar-refractivity contribution in [2.45, 2.75) is 25.7 Å². The standard InChI is InChI=1S/C23H23N3O3S/c1-29-18-8-7-15(11-17(18)27)21-24-22(28)20-16-9-10-26(12-14-5-3-2-4-6-14)13-19(16)30-23(20)25-21/h2-8,11,21,25,27H,9-10,12-13H2,1H3,(H,24,28). The van der Waals surface area contributed by atoms with E-state index < -0.39 is 0 Å². The molecule has 2 aromatic carbocycles. The highest BCUT2D eigenvalue weighted by atomic mass is 32.1. The van der Waals surface area contributed by atoms with E-state index in [2.05, 4.69) is 39.8 Å². The summed E-state index contributed by atoms with van der Waals surface area (Å²) in [4.78, 5) is 16.6. The van der Waals surface area contributed by atoms with Crippen LogP contribution in [-0.2, 0) is 19.5 Å². The van der Waals surface area contributed by atoms with Gasteiger partial charge in [-0.25, -0.2) is 0 Å². The predicted octanol–water partition coefficient (Wildman–Crippen LogP) is 3.87. The lowest BCUT2D eigenvalue weighted by atomic mass is 10.00. The third kappa shape index (κ3) is 3.40. The van der Waals surface area contributed by atoms with Crippen molar-refractivity contribution in [3.05, 3.63) is 75.7 Å². The number of rotatable bonds is 4. The average molecular weight is 422 g/mol. The number of hydrogen-bond acceptors (Lipinski definition) is 6. The molecule has 0 aliphatic carbocycles. The molecule has 0 bridgehead atoms. The van der Waals surface area contributed by atoms with Gasteiger partial charge in [0.15, 0.2) is 11.5 Å². The number of aromatic hydroxyl groups is 1. The lowest BCUT2D eigenvalue weighted by molar-refractivity contribution is 0.0934. The number of anilines is 1. The van der Waals surface area contributed by atoms with Gasteiger partial charge in [0, 0.05) is 24.5 Å². The van der Waals surface area contributed by atoms with Crippen LogP contribution in [0.4, 0.5) is 5.00 Å². The van der Waals surface area contributed by atoms with Crippen molar-refractivity contribution >= 4 is 22.2 Å². The van der Waals surface area contributed by atoms with Crippen LogP contribution >= 0.6 is 11.3 Å². The maximum absolute atomic E-state index is 12.9. The van der Waals surface area contributed by atoms with Crippen LogP contribution < -0.4 is 15.4 Å². The number of methoxy groups -OCH3 is 1. The molecule has 0 saturated carbocycles. The number of nitrogens with one attached hydrogen (secondary N) is 2. The van der Waals surface area contributed by atoms with Gasteiger partial charge in [-0.05, 0) is 35.2 Å². The second-order valence-electron chi connectivity index (χ2n) is 7.64. The Labute approximate surface area is 179 Å². The van der Waals surface area contributed by atoms with Crippen LogP contribution in [0.2, 0.25) is 0 Å². The first-order valence-electron chi connectivity index (χ1n) is 9.97. The minimum atomic E-state index is -0.387. The van der Waals surface area contributed by atoms with Crippen molar-refractivity contribution in [2.75, 3.05) is 19.0 Å². The molecule has 1 amide bonds. The number of benzene rings is 2. The molecule has 7 heteroatoms. The van der Waals surface area contributed by atoms with Crippen LogP contribution in [0.1, 0.15) is 38.1 Å². The highest BCUT2D eigenvalue weighted by Crippen LogP contribution is 2.41. The van der Waals surface area contributed by atoms with Crippen LogP contribution in [0.5, 0.6) is 11.5 Å². The average Bonchev–Trinajstić information content (AvgIpc) is 3.12. The van der Waals surface area contributed by atoms with E-state index in [1.54, 1.807) is 23.5 Å². The normalized spacial score (nSPS) is 18.2. The zero-order chi connectivity index (χ0) is 20.7. The number of fused-ring (bicyclic) bond motifs is 3. The molecule has 3 aromatic rings. The Morgan fingerprint density at radius 2 is 2.03 bits per heavy atom. The summed E-state index contributed by atoms with van der Waals surface area (Å²) in [5.41, 5.74) is 4.03. The molecule has 5 rings (SSSR count). The minimum absolute atomic E-state index is 0.0545. The molecular weight excluding hydrogens is 398 g/mol. The van der Waals surface area contributed by atoms with E-state index in [0.29, 0.717) is 5.75 Å². The first-order valence-corrected chi connectivity index (χ1v) is 10.8. The molecule has 0 radical (unpaired) electrons. The van der Waals surface area contributed by atoms with E-state index in [9.17, 15) is 9.90 Å². The summed E-state index contributed by atoms with van der Waals surface area (Å²) in [6.45, 7) is 2.70. The molecule has 0 fully saturated rings. The maximum Gasteiger partial charge on any atom is 0.256 e. The molecule has 30 heavy (non-hydrogen) atoms. The van der Waals surface area contributed by atoms with Crippen LogP contribution in [0.15, 0.2) is 48.5 Å². The number of amides is 1. The first-order chi connectivity index (χ1) is 14.6. The van der Waals surface area contributed by atoms with Crippen molar-refractivity contribution in [1.29, 1.82) is 0 Å². The Bertz CT molecular complexity index is 1100. The summed E-state index contributed by atoms with van der Waals surface area (Å²) >= 11 is 1.67. The number of phenolic OH excluding ortho intramolecular Hbond substituents is 1. The predicted molar refractivity (Wildman–Crippen MR) is 117 cm³/mol. The quantitative estimate of drug-likeness (QED) is 0.596.